The van der Waals surface area contributed by atoms with E-state index in [4.69, 9.17) is 27.9 Å². The number of carbonyl (C=O) groups excluding carboxylic acids is 3. The number of nitro benzene ring substituents is 1. The molecule has 0 aliphatic carbocycles. The number of non-ortho nitro benzene ring substituents is 1. The average molecular weight is 526 g/mol. The van der Waals surface area contributed by atoms with E-state index in [0.29, 0.717) is 21.9 Å². The summed E-state index contributed by atoms with van der Waals surface area (Å²) in [6.45, 7) is 1.82. The van der Waals surface area contributed by atoms with Crippen molar-refractivity contribution in [3.8, 4) is 5.75 Å². The molecule has 11 heteroatoms. The number of barbiturate groups is 1. The van der Waals surface area contributed by atoms with Gasteiger partial charge in [-0.3, -0.25) is 25.0 Å². The van der Waals surface area contributed by atoms with E-state index in [1.807, 2.05) is 0 Å². The Morgan fingerprint density at radius 2 is 1.81 bits per heavy atom. The minimum atomic E-state index is -0.884. The van der Waals surface area contributed by atoms with Crippen molar-refractivity contribution in [3.63, 3.8) is 0 Å². The molecule has 0 unspecified atom stereocenters. The number of rotatable bonds is 6. The first kappa shape index (κ1) is 24.9. The smallest absolute Gasteiger partial charge is 0.335 e. The zero-order valence-corrected chi connectivity index (χ0v) is 20.2. The second-order valence-electron chi connectivity index (χ2n) is 7.80. The van der Waals surface area contributed by atoms with Crippen molar-refractivity contribution in [2.24, 2.45) is 0 Å². The molecule has 1 aliphatic heterocycles. The van der Waals surface area contributed by atoms with Gasteiger partial charge < -0.3 is 4.74 Å². The van der Waals surface area contributed by atoms with Crippen LogP contribution in [0, 0.1) is 17.0 Å². The lowest BCUT2D eigenvalue weighted by Gasteiger charge is -2.26. The number of carbonyl (C=O) groups is 3. The number of imide groups is 2. The number of hydrogen-bond acceptors (Lipinski definition) is 6. The SMILES string of the molecule is Cc1ccc(N2C(=O)NC(=O)/C(=C\c3ccc(OCc4cccc([N+](=O)[O-])c4)c(Cl)c3)C2=O)cc1Cl. The molecule has 0 saturated carbocycles. The van der Waals surface area contributed by atoms with Gasteiger partial charge in [-0.05, 0) is 54.0 Å². The first-order valence-electron chi connectivity index (χ1n) is 10.5. The fraction of sp³-hybridized carbons (Fsp3) is 0.0800. The molecule has 3 aromatic carbocycles. The predicted molar refractivity (Wildman–Crippen MR) is 134 cm³/mol. The van der Waals surface area contributed by atoms with E-state index >= 15 is 0 Å². The van der Waals surface area contributed by atoms with E-state index in [-0.39, 0.29) is 28.6 Å². The third-order valence-electron chi connectivity index (χ3n) is 5.30. The Labute approximate surface area is 215 Å². The van der Waals surface area contributed by atoms with Gasteiger partial charge in [-0.2, -0.15) is 0 Å². The summed E-state index contributed by atoms with van der Waals surface area (Å²) in [6, 6.07) is 14.4. The summed E-state index contributed by atoms with van der Waals surface area (Å²) in [5.41, 5.74) is 1.65. The molecule has 0 atom stereocenters. The molecule has 1 aliphatic rings. The molecule has 0 bridgehead atoms. The maximum Gasteiger partial charge on any atom is 0.335 e. The number of nitro groups is 1. The Morgan fingerprint density at radius 1 is 1.03 bits per heavy atom. The van der Waals surface area contributed by atoms with Gasteiger partial charge in [0.05, 0.1) is 15.6 Å². The molecular weight excluding hydrogens is 509 g/mol. The second-order valence-corrected chi connectivity index (χ2v) is 8.61. The number of aryl methyl sites for hydroxylation is 1. The van der Waals surface area contributed by atoms with Crippen LogP contribution in [0.5, 0.6) is 5.75 Å². The lowest BCUT2D eigenvalue weighted by atomic mass is 10.1. The Balaban J connectivity index is 1.55. The molecule has 3 aromatic rings. The lowest BCUT2D eigenvalue weighted by Crippen LogP contribution is -2.54. The third-order valence-corrected chi connectivity index (χ3v) is 6.00. The monoisotopic (exact) mass is 525 g/mol. The van der Waals surface area contributed by atoms with E-state index in [0.717, 1.165) is 10.5 Å². The summed E-state index contributed by atoms with van der Waals surface area (Å²) < 4.78 is 5.67. The molecule has 0 radical (unpaired) electrons. The highest BCUT2D eigenvalue weighted by molar-refractivity contribution is 6.39. The molecule has 1 N–H and O–H groups in total. The normalized spacial score (nSPS) is 14.7. The standard InChI is InChI=1S/C25H17Cl2N3O6/c1-14-5-7-17(12-20(14)26)29-24(32)19(23(31)28-25(29)33)10-15-6-8-22(21(27)11-15)36-13-16-3-2-4-18(9-16)30(34)35/h2-12H,13H2,1H3,(H,28,31,33)/b19-10+. The maximum atomic E-state index is 13.1. The van der Waals surface area contributed by atoms with E-state index in [1.165, 1.54) is 30.3 Å². The van der Waals surface area contributed by atoms with Crippen LogP contribution in [-0.2, 0) is 16.2 Å². The summed E-state index contributed by atoms with van der Waals surface area (Å²) in [7, 11) is 0. The van der Waals surface area contributed by atoms with Gasteiger partial charge in [0.2, 0.25) is 0 Å². The number of amides is 4. The fourth-order valence-electron chi connectivity index (χ4n) is 3.42. The van der Waals surface area contributed by atoms with E-state index in [1.54, 1.807) is 43.3 Å². The Bertz CT molecular complexity index is 1450. The molecule has 9 nitrogen and oxygen atoms in total. The average Bonchev–Trinajstić information content (AvgIpc) is 2.83. The number of anilines is 1. The van der Waals surface area contributed by atoms with Crippen molar-refractivity contribution >= 4 is 58.5 Å². The zero-order valence-electron chi connectivity index (χ0n) is 18.7. The Hall–Kier alpha value is -4.21. The second kappa shape index (κ2) is 10.2. The highest BCUT2D eigenvalue weighted by atomic mass is 35.5. The van der Waals surface area contributed by atoms with Gasteiger partial charge in [0.25, 0.3) is 17.5 Å². The van der Waals surface area contributed by atoms with Gasteiger partial charge in [0, 0.05) is 17.2 Å². The van der Waals surface area contributed by atoms with Crippen LogP contribution in [0.25, 0.3) is 6.08 Å². The number of ether oxygens (including phenoxy) is 1. The van der Waals surface area contributed by atoms with Crippen LogP contribution in [0.1, 0.15) is 16.7 Å². The molecule has 4 rings (SSSR count). The molecule has 36 heavy (non-hydrogen) atoms. The zero-order chi connectivity index (χ0) is 26.0. The quantitative estimate of drug-likeness (QED) is 0.197. The summed E-state index contributed by atoms with van der Waals surface area (Å²) in [6.07, 6.45) is 1.31. The summed E-state index contributed by atoms with van der Waals surface area (Å²) >= 11 is 12.5. The maximum absolute atomic E-state index is 13.1. The summed E-state index contributed by atoms with van der Waals surface area (Å²) in [4.78, 5) is 49.1. The van der Waals surface area contributed by atoms with Crippen LogP contribution in [0.2, 0.25) is 10.0 Å². The topological polar surface area (TPSA) is 119 Å². The van der Waals surface area contributed by atoms with Gasteiger partial charge in [0.15, 0.2) is 0 Å². The number of nitrogens with one attached hydrogen (secondary N) is 1. The van der Waals surface area contributed by atoms with Crippen LogP contribution >= 0.6 is 23.2 Å². The van der Waals surface area contributed by atoms with Crippen molar-refractivity contribution in [2.75, 3.05) is 4.90 Å². The van der Waals surface area contributed by atoms with Gasteiger partial charge in [-0.15, -0.1) is 0 Å². The third kappa shape index (κ3) is 5.22. The Morgan fingerprint density at radius 3 is 2.50 bits per heavy atom. The van der Waals surface area contributed by atoms with Gasteiger partial charge in [-0.25, -0.2) is 9.69 Å². The Kier molecular flexibility index (Phi) is 7.05. The predicted octanol–water partition coefficient (Wildman–Crippen LogP) is 5.46. The van der Waals surface area contributed by atoms with Crippen LogP contribution in [0.4, 0.5) is 16.2 Å². The number of hydrogen-bond donors (Lipinski definition) is 1. The number of halogens is 2. The van der Waals surface area contributed by atoms with Gasteiger partial charge in [-0.1, -0.05) is 47.5 Å². The van der Waals surface area contributed by atoms with Crippen LogP contribution < -0.4 is 15.0 Å². The number of nitrogens with zero attached hydrogens (tertiary/aromatic N) is 2. The van der Waals surface area contributed by atoms with Crippen molar-refractivity contribution in [2.45, 2.75) is 13.5 Å². The molecule has 0 aromatic heterocycles. The van der Waals surface area contributed by atoms with Crippen molar-refractivity contribution in [1.29, 1.82) is 0 Å². The molecular formula is C25H17Cl2N3O6. The van der Waals surface area contributed by atoms with E-state index < -0.39 is 22.8 Å². The minimum Gasteiger partial charge on any atom is -0.487 e. The van der Waals surface area contributed by atoms with Crippen LogP contribution in [0.3, 0.4) is 0 Å². The van der Waals surface area contributed by atoms with E-state index in [2.05, 4.69) is 5.32 Å². The van der Waals surface area contributed by atoms with Crippen molar-refractivity contribution in [1.82, 2.24) is 5.32 Å². The minimum absolute atomic E-state index is 0.0406. The lowest BCUT2D eigenvalue weighted by molar-refractivity contribution is -0.384. The first-order valence-corrected chi connectivity index (χ1v) is 11.2. The first-order chi connectivity index (χ1) is 17.1. The highest BCUT2D eigenvalue weighted by Crippen LogP contribution is 2.30. The van der Waals surface area contributed by atoms with Crippen LogP contribution in [0.15, 0.2) is 66.2 Å². The molecule has 1 saturated heterocycles. The largest absolute Gasteiger partial charge is 0.487 e. The fourth-order valence-corrected chi connectivity index (χ4v) is 3.84. The molecule has 0 spiro atoms. The van der Waals surface area contributed by atoms with Crippen LogP contribution in [-0.4, -0.2) is 22.8 Å². The molecule has 1 heterocycles. The van der Waals surface area contributed by atoms with Crippen molar-refractivity contribution in [3.05, 3.63) is 103 Å². The molecule has 182 valence electrons. The number of urea groups is 1. The molecule has 4 amide bonds. The summed E-state index contributed by atoms with van der Waals surface area (Å²) in [5.74, 6) is -1.36. The van der Waals surface area contributed by atoms with Crippen molar-refractivity contribution < 1.29 is 24.0 Å². The highest BCUT2D eigenvalue weighted by Gasteiger charge is 2.37. The van der Waals surface area contributed by atoms with Gasteiger partial charge in [0.1, 0.15) is 17.9 Å². The van der Waals surface area contributed by atoms with Gasteiger partial charge >= 0.3 is 6.03 Å². The summed E-state index contributed by atoms with van der Waals surface area (Å²) in [5, 5.41) is 13.6. The number of benzene rings is 3. The molecule has 1 fully saturated rings. The van der Waals surface area contributed by atoms with E-state index in [9.17, 15) is 24.5 Å².